The van der Waals surface area contributed by atoms with Gasteiger partial charge in [-0.05, 0) is 38.6 Å². The van der Waals surface area contributed by atoms with Crippen molar-refractivity contribution in [1.29, 1.82) is 0 Å². The first kappa shape index (κ1) is 17.8. The minimum atomic E-state index is -0.854. The number of methoxy groups -OCH3 is 1. The van der Waals surface area contributed by atoms with Gasteiger partial charge >= 0.3 is 6.03 Å². The van der Waals surface area contributed by atoms with Gasteiger partial charge in [-0.3, -0.25) is 15.0 Å². The van der Waals surface area contributed by atoms with E-state index >= 15 is 0 Å². The van der Waals surface area contributed by atoms with E-state index in [4.69, 9.17) is 15.2 Å². The highest BCUT2D eigenvalue weighted by atomic mass is 16.5. The summed E-state index contributed by atoms with van der Waals surface area (Å²) in [5.74, 6) is 0.880. The molecule has 0 aliphatic carbocycles. The molecule has 3 amide bonds. The van der Waals surface area contributed by atoms with Gasteiger partial charge in [-0.15, -0.1) is 0 Å². The number of nitrogens with two attached hydrogens (primary N) is 1. The Kier molecular flexibility index (Phi) is 6.65. The van der Waals surface area contributed by atoms with E-state index in [1.54, 1.807) is 26.0 Å². The molecule has 0 saturated heterocycles. The molecule has 0 unspecified atom stereocenters. The highest BCUT2D eigenvalue weighted by Gasteiger charge is 2.19. The van der Waals surface area contributed by atoms with Crippen molar-refractivity contribution in [3.05, 3.63) is 23.8 Å². The second kappa shape index (κ2) is 8.23. The predicted molar refractivity (Wildman–Crippen MR) is 82.8 cm³/mol. The largest absolute Gasteiger partial charge is 0.493 e. The minimum Gasteiger partial charge on any atom is -0.493 e. The third-order valence-electron chi connectivity index (χ3n) is 3.25. The van der Waals surface area contributed by atoms with Gasteiger partial charge in [-0.2, -0.15) is 0 Å². The molecule has 7 nitrogen and oxygen atoms in total. The number of nitrogens with zero attached hydrogens (tertiary/aromatic N) is 1. The number of imide groups is 1. The number of hydrogen-bond acceptors (Lipinski definition) is 5. The van der Waals surface area contributed by atoms with Crippen LogP contribution in [-0.2, 0) is 11.3 Å². The van der Waals surface area contributed by atoms with Crippen LogP contribution < -0.4 is 20.5 Å². The SMILES string of the molecule is CCOc1ccc(CN(C)[C@H](C)C(=O)NC(N)=O)cc1OC. The Morgan fingerprint density at radius 3 is 2.59 bits per heavy atom. The van der Waals surface area contributed by atoms with Crippen molar-refractivity contribution in [2.75, 3.05) is 20.8 Å². The van der Waals surface area contributed by atoms with E-state index in [0.29, 0.717) is 24.7 Å². The molecule has 7 heteroatoms. The number of carbonyl (C=O) groups is 2. The Hall–Kier alpha value is -2.28. The molecule has 0 saturated carbocycles. The molecule has 0 aromatic heterocycles. The summed E-state index contributed by atoms with van der Waals surface area (Å²) < 4.78 is 10.8. The average molecular weight is 309 g/mol. The van der Waals surface area contributed by atoms with Crippen LogP contribution in [-0.4, -0.2) is 43.6 Å². The number of rotatable bonds is 7. The van der Waals surface area contributed by atoms with Gasteiger partial charge in [0, 0.05) is 6.54 Å². The molecule has 1 rings (SSSR count). The molecule has 1 aromatic carbocycles. The number of carbonyl (C=O) groups excluding carboxylic acids is 2. The van der Waals surface area contributed by atoms with Crippen LogP contribution in [0.4, 0.5) is 4.79 Å². The van der Waals surface area contributed by atoms with Crippen molar-refractivity contribution in [3.8, 4) is 11.5 Å². The summed E-state index contributed by atoms with van der Waals surface area (Å²) in [6.07, 6.45) is 0. The van der Waals surface area contributed by atoms with Crippen molar-refractivity contribution >= 4 is 11.9 Å². The molecule has 22 heavy (non-hydrogen) atoms. The third-order valence-corrected chi connectivity index (χ3v) is 3.25. The normalized spacial score (nSPS) is 11.9. The zero-order chi connectivity index (χ0) is 16.7. The molecule has 0 aliphatic rings. The molecule has 0 spiro atoms. The molecule has 0 fully saturated rings. The maximum atomic E-state index is 11.7. The van der Waals surface area contributed by atoms with Crippen molar-refractivity contribution < 1.29 is 19.1 Å². The summed E-state index contributed by atoms with van der Waals surface area (Å²) >= 11 is 0. The Morgan fingerprint density at radius 2 is 2.05 bits per heavy atom. The zero-order valence-electron chi connectivity index (χ0n) is 13.4. The van der Waals surface area contributed by atoms with E-state index in [9.17, 15) is 9.59 Å². The highest BCUT2D eigenvalue weighted by molar-refractivity contribution is 5.96. The Balaban J connectivity index is 2.77. The number of likely N-dealkylation sites (N-methyl/N-ethyl adjacent to an activating group) is 1. The van der Waals surface area contributed by atoms with E-state index in [0.717, 1.165) is 5.56 Å². The molecule has 0 radical (unpaired) electrons. The lowest BCUT2D eigenvalue weighted by molar-refractivity contribution is -0.124. The first-order valence-electron chi connectivity index (χ1n) is 6.99. The molecule has 3 N–H and O–H groups in total. The fourth-order valence-corrected chi connectivity index (χ4v) is 1.94. The summed E-state index contributed by atoms with van der Waals surface area (Å²) in [6, 6.07) is 4.25. The monoisotopic (exact) mass is 309 g/mol. The zero-order valence-corrected chi connectivity index (χ0v) is 13.4. The Labute approximate surface area is 130 Å². The molecule has 0 aliphatic heterocycles. The quantitative estimate of drug-likeness (QED) is 0.787. The van der Waals surface area contributed by atoms with Crippen LogP contribution in [0.25, 0.3) is 0 Å². The van der Waals surface area contributed by atoms with Crippen LogP contribution in [0.1, 0.15) is 19.4 Å². The first-order valence-corrected chi connectivity index (χ1v) is 6.99. The maximum Gasteiger partial charge on any atom is 0.318 e. The maximum absolute atomic E-state index is 11.7. The first-order chi connectivity index (χ1) is 10.4. The van der Waals surface area contributed by atoms with Crippen LogP contribution in [0, 0.1) is 0 Å². The van der Waals surface area contributed by atoms with Gasteiger partial charge in [0.05, 0.1) is 19.8 Å². The number of benzene rings is 1. The summed E-state index contributed by atoms with van der Waals surface area (Å²) in [7, 11) is 3.36. The number of hydrogen-bond donors (Lipinski definition) is 2. The van der Waals surface area contributed by atoms with E-state index in [2.05, 4.69) is 5.32 Å². The summed E-state index contributed by atoms with van der Waals surface area (Å²) in [5, 5.41) is 2.07. The lowest BCUT2D eigenvalue weighted by atomic mass is 10.1. The van der Waals surface area contributed by atoms with Crippen molar-refractivity contribution in [2.45, 2.75) is 26.4 Å². The second-order valence-corrected chi connectivity index (χ2v) is 4.86. The van der Waals surface area contributed by atoms with Gasteiger partial charge in [0.15, 0.2) is 11.5 Å². The molecule has 0 bridgehead atoms. The van der Waals surface area contributed by atoms with Crippen LogP contribution in [0.15, 0.2) is 18.2 Å². The van der Waals surface area contributed by atoms with Crippen LogP contribution in [0.2, 0.25) is 0 Å². The fraction of sp³-hybridized carbons (Fsp3) is 0.467. The molecule has 1 atom stereocenters. The number of urea groups is 1. The second-order valence-electron chi connectivity index (χ2n) is 4.86. The summed E-state index contributed by atoms with van der Waals surface area (Å²) in [6.45, 7) is 4.67. The summed E-state index contributed by atoms with van der Waals surface area (Å²) in [5.41, 5.74) is 5.91. The number of amides is 3. The smallest absolute Gasteiger partial charge is 0.318 e. The van der Waals surface area contributed by atoms with Crippen LogP contribution >= 0.6 is 0 Å². The topological polar surface area (TPSA) is 93.9 Å². The van der Waals surface area contributed by atoms with Crippen LogP contribution in [0.3, 0.4) is 0 Å². The van der Waals surface area contributed by atoms with Gasteiger partial charge in [0.2, 0.25) is 5.91 Å². The Morgan fingerprint density at radius 1 is 1.36 bits per heavy atom. The molecular weight excluding hydrogens is 286 g/mol. The predicted octanol–water partition coefficient (Wildman–Crippen LogP) is 1.11. The molecule has 1 aromatic rings. The van der Waals surface area contributed by atoms with Crippen molar-refractivity contribution in [3.63, 3.8) is 0 Å². The number of ether oxygens (including phenoxy) is 2. The highest BCUT2D eigenvalue weighted by Crippen LogP contribution is 2.28. The van der Waals surface area contributed by atoms with Gasteiger partial charge in [-0.1, -0.05) is 6.07 Å². The van der Waals surface area contributed by atoms with E-state index in [1.807, 2.05) is 25.1 Å². The van der Waals surface area contributed by atoms with E-state index < -0.39 is 18.0 Å². The van der Waals surface area contributed by atoms with Gasteiger partial charge < -0.3 is 15.2 Å². The van der Waals surface area contributed by atoms with Gasteiger partial charge in [-0.25, -0.2) is 4.79 Å². The van der Waals surface area contributed by atoms with E-state index in [1.165, 1.54) is 0 Å². The number of primary amides is 1. The van der Waals surface area contributed by atoms with Gasteiger partial charge in [0.1, 0.15) is 0 Å². The molecular formula is C15H23N3O4. The molecule has 122 valence electrons. The number of nitrogens with one attached hydrogen (secondary N) is 1. The molecule has 0 heterocycles. The minimum absolute atomic E-state index is 0.437. The summed E-state index contributed by atoms with van der Waals surface area (Å²) in [4.78, 5) is 24.3. The fourth-order valence-electron chi connectivity index (χ4n) is 1.94. The third kappa shape index (κ3) is 4.92. The van der Waals surface area contributed by atoms with Crippen LogP contribution in [0.5, 0.6) is 11.5 Å². The lowest BCUT2D eigenvalue weighted by Gasteiger charge is -2.23. The lowest BCUT2D eigenvalue weighted by Crippen LogP contribution is -2.46. The van der Waals surface area contributed by atoms with E-state index in [-0.39, 0.29) is 0 Å². The van der Waals surface area contributed by atoms with Crippen molar-refractivity contribution in [2.24, 2.45) is 5.73 Å². The van der Waals surface area contributed by atoms with Gasteiger partial charge in [0.25, 0.3) is 0 Å². The Bertz CT molecular complexity index is 534. The standard InChI is InChI=1S/C15H23N3O4/c1-5-22-12-7-6-11(8-13(12)21-4)9-18(3)10(2)14(19)17-15(16)20/h6-8,10H,5,9H2,1-4H3,(H3,16,17,19,20)/t10-/m1/s1. The van der Waals surface area contributed by atoms with Crippen molar-refractivity contribution in [1.82, 2.24) is 10.2 Å². The average Bonchev–Trinajstić information content (AvgIpc) is 2.47.